The van der Waals surface area contributed by atoms with Crippen molar-refractivity contribution >= 4 is 32.7 Å². The van der Waals surface area contributed by atoms with E-state index in [2.05, 4.69) is 15.5 Å². The Kier molecular flexibility index (Phi) is 7.26. The van der Waals surface area contributed by atoms with Crippen LogP contribution in [0.2, 0.25) is 0 Å². The maximum Gasteiger partial charge on any atom is 0.243 e. The molecule has 2 heterocycles. The highest BCUT2D eigenvalue weighted by Gasteiger charge is 2.26. The van der Waals surface area contributed by atoms with Crippen molar-refractivity contribution in [2.24, 2.45) is 5.10 Å². The van der Waals surface area contributed by atoms with Crippen molar-refractivity contribution in [3.8, 4) is 22.8 Å². The number of ether oxygens (including phenoxy) is 2. The predicted octanol–water partition coefficient (Wildman–Crippen LogP) is 4.45. The average Bonchev–Trinajstić information content (AvgIpc) is 3.33. The summed E-state index contributed by atoms with van der Waals surface area (Å²) in [5.74, 6) is 1.27. The van der Waals surface area contributed by atoms with Crippen LogP contribution in [0.25, 0.3) is 11.3 Å². The summed E-state index contributed by atoms with van der Waals surface area (Å²) in [7, 11) is -0.317. The quantitative estimate of drug-likeness (QED) is 0.374. The van der Waals surface area contributed by atoms with Gasteiger partial charge in [0.15, 0.2) is 11.5 Å². The lowest BCUT2D eigenvalue weighted by Gasteiger charge is -2.26. The Morgan fingerprint density at radius 3 is 2.61 bits per heavy atom. The number of thiazole rings is 1. The fourth-order valence-electron chi connectivity index (χ4n) is 3.62. The lowest BCUT2D eigenvalue weighted by atomic mass is 10.2. The van der Waals surface area contributed by atoms with Gasteiger partial charge < -0.3 is 9.47 Å². The zero-order valence-corrected chi connectivity index (χ0v) is 20.2. The smallest absolute Gasteiger partial charge is 0.243 e. The lowest BCUT2D eigenvalue weighted by Crippen LogP contribution is -2.35. The minimum Gasteiger partial charge on any atom is -0.493 e. The second kappa shape index (κ2) is 10.3. The molecule has 4 rings (SSSR count). The zero-order chi connectivity index (χ0) is 23.3. The van der Waals surface area contributed by atoms with E-state index in [4.69, 9.17) is 9.47 Å². The molecule has 0 spiro atoms. The number of nitrogens with one attached hydrogen (secondary N) is 1. The van der Waals surface area contributed by atoms with Crippen molar-refractivity contribution in [2.75, 3.05) is 32.7 Å². The number of rotatable bonds is 8. The zero-order valence-electron chi connectivity index (χ0n) is 18.5. The molecule has 8 nitrogen and oxygen atoms in total. The highest BCUT2D eigenvalue weighted by Crippen LogP contribution is 2.29. The van der Waals surface area contributed by atoms with Crippen molar-refractivity contribution in [1.29, 1.82) is 0 Å². The van der Waals surface area contributed by atoms with Crippen molar-refractivity contribution in [1.82, 2.24) is 9.29 Å². The van der Waals surface area contributed by atoms with Gasteiger partial charge in [-0.05, 0) is 48.7 Å². The first-order valence-electron chi connectivity index (χ1n) is 10.6. The number of methoxy groups -OCH3 is 2. The van der Waals surface area contributed by atoms with Gasteiger partial charge in [0.1, 0.15) is 0 Å². The first-order chi connectivity index (χ1) is 16.0. The molecule has 1 N–H and O–H groups in total. The number of hydrogen-bond acceptors (Lipinski definition) is 8. The summed E-state index contributed by atoms with van der Waals surface area (Å²) in [4.78, 5) is 4.85. The van der Waals surface area contributed by atoms with E-state index in [1.807, 2.05) is 29.6 Å². The molecular formula is C23H26N4O4S2. The number of hydrogen-bond donors (Lipinski definition) is 1. The number of aromatic nitrogens is 1. The summed E-state index contributed by atoms with van der Waals surface area (Å²) in [6, 6.07) is 12.5. The van der Waals surface area contributed by atoms with E-state index in [9.17, 15) is 8.42 Å². The minimum atomic E-state index is -3.49. The Balaban J connectivity index is 1.46. The van der Waals surface area contributed by atoms with Crippen LogP contribution in [0.15, 0.2) is 57.8 Å². The van der Waals surface area contributed by atoms with E-state index in [0.29, 0.717) is 40.3 Å². The summed E-state index contributed by atoms with van der Waals surface area (Å²) >= 11 is 1.39. The van der Waals surface area contributed by atoms with Crippen LogP contribution < -0.4 is 14.9 Å². The first kappa shape index (κ1) is 23.2. The summed E-state index contributed by atoms with van der Waals surface area (Å²) in [5, 5.41) is 6.72. The lowest BCUT2D eigenvalue weighted by molar-refractivity contribution is 0.346. The summed E-state index contributed by atoms with van der Waals surface area (Å²) in [5.41, 5.74) is 5.21. The van der Waals surface area contributed by atoms with Crippen LogP contribution in [-0.2, 0) is 10.0 Å². The summed E-state index contributed by atoms with van der Waals surface area (Å²) in [6.45, 7) is 1.16. The average molecular weight is 487 g/mol. The highest BCUT2D eigenvalue weighted by atomic mass is 32.2. The normalized spacial score (nSPS) is 15.0. The molecule has 0 bridgehead atoms. The number of anilines is 1. The maximum atomic E-state index is 13.0. The van der Waals surface area contributed by atoms with Crippen molar-refractivity contribution in [3.63, 3.8) is 0 Å². The van der Waals surface area contributed by atoms with Crippen molar-refractivity contribution in [3.05, 3.63) is 53.4 Å². The van der Waals surface area contributed by atoms with E-state index in [1.54, 1.807) is 42.9 Å². The van der Waals surface area contributed by atoms with Crippen LogP contribution in [0.1, 0.15) is 24.8 Å². The van der Waals surface area contributed by atoms with Crippen LogP contribution in [0.5, 0.6) is 11.5 Å². The number of nitrogens with zero attached hydrogens (tertiary/aromatic N) is 3. The molecule has 1 aliphatic heterocycles. The van der Waals surface area contributed by atoms with Gasteiger partial charge in [-0.2, -0.15) is 9.41 Å². The molecule has 1 fully saturated rings. The number of hydrazone groups is 1. The number of benzene rings is 2. The monoisotopic (exact) mass is 486 g/mol. The SMILES string of the molecule is COc1ccc(/C=N/Nc2nc(-c3cccc(S(=O)(=O)N4CCCCC4)c3)cs2)cc1OC. The highest BCUT2D eigenvalue weighted by molar-refractivity contribution is 7.89. The molecule has 0 atom stereocenters. The van der Waals surface area contributed by atoms with Crippen molar-refractivity contribution < 1.29 is 17.9 Å². The predicted molar refractivity (Wildman–Crippen MR) is 131 cm³/mol. The third kappa shape index (κ3) is 5.35. The molecule has 0 unspecified atom stereocenters. The standard InChI is InChI=1S/C23H26N4O4S2/c1-30-21-10-9-17(13-22(21)31-2)15-24-26-23-25-20(16-32-23)18-7-6-8-19(14-18)33(28,29)27-11-4-3-5-12-27/h6-10,13-16H,3-5,11-12H2,1-2H3,(H,25,26)/b24-15+. The van der Waals surface area contributed by atoms with Crippen molar-refractivity contribution in [2.45, 2.75) is 24.2 Å². The van der Waals surface area contributed by atoms with Gasteiger partial charge in [-0.1, -0.05) is 18.6 Å². The summed E-state index contributed by atoms with van der Waals surface area (Å²) < 4.78 is 38.1. The van der Waals surface area contributed by atoms with E-state index in [-0.39, 0.29) is 0 Å². The van der Waals surface area contributed by atoms with Crippen LogP contribution in [-0.4, -0.2) is 51.2 Å². The topological polar surface area (TPSA) is 93.1 Å². The molecular weight excluding hydrogens is 460 g/mol. The molecule has 0 radical (unpaired) electrons. The van der Waals surface area contributed by atoms with Crippen LogP contribution in [0.3, 0.4) is 0 Å². The minimum absolute atomic E-state index is 0.302. The second-order valence-electron chi connectivity index (χ2n) is 7.51. The fourth-order valence-corrected chi connectivity index (χ4v) is 5.86. The Morgan fingerprint density at radius 2 is 1.85 bits per heavy atom. The van der Waals surface area contributed by atoms with Gasteiger partial charge >= 0.3 is 0 Å². The Hall–Kier alpha value is -2.95. The van der Waals surface area contributed by atoms with E-state index in [0.717, 1.165) is 30.4 Å². The Labute approximate surface area is 197 Å². The van der Waals surface area contributed by atoms with Crippen LogP contribution >= 0.6 is 11.3 Å². The largest absolute Gasteiger partial charge is 0.493 e. The molecule has 1 aliphatic rings. The third-order valence-electron chi connectivity index (χ3n) is 5.37. The van der Waals surface area contributed by atoms with Gasteiger partial charge in [-0.15, -0.1) is 11.3 Å². The molecule has 0 saturated carbocycles. The number of piperidine rings is 1. The van der Waals surface area contributed by atoms with Crippen LogP contribution in [0.4, 0.5) is 5.13 Å². The molecule has 1 saturated heterocycles. The third-order valence-corrected chi connectivity index (χ3v) is 8.01. The Morgan fingerprint density at radius 1 is 1.06 bits per heavy atom. The van der Waals surface area contributed by atoms with Gasteiger partial charge in [0.2, 0.25) is 15.2 Å². The molecule has 174 valence electrons. The van der Waals surface area contributed by atoms with Gasteiger partial charge in [0.05, 0.1) is 31.0 Å². The molecule has 1 aromatic heterocycles. The molecule has 2 aromatic carbocycles. The van der Waals surface area contributed by atoms with Crippen LogP contribution in [0, 0.1) is 0 Å². The van der Waals surface area contributed by atoms with Gasteiger partial charge in [-0.25, -0.2) is 13.4 Å². The molecule has 33 heavy (non-hydrogen) atoms. The second-order valence-corrected chi connectivity index (χ2v) is 10.3. The van der Waals surface area contributed by atoms with E-state index >= 15 is 0 Å². The van der Waals surface area contributed by atoms with E-state index < -0.39 is 10.0 Å². The number of sulfonamides is 1. The molecule has 3 aromatic rings. The van der Waals surface area contributed by atoms with Gasteiger partial charge in [0.25, 0.3) is 0 Å². The Bertz CT molecular complexity index is 1230. The van der Waals surface area contributed by atoms with E-state index in [1.165, 1.54) is 11.3 Å². The maximum absolute atomic E-state index is 13.0. The molecule has 0 aliphatic carbocycles. The summed E-state index contributed by atoms with van der Waals surface area (Å²) in [6.07, 6.45) is 4.55. The fraction of sp³-hybridized carbons (Fsp3) is 0.304. The first-order valence-corrected chi connectivity index (χ1v) is 12.9. The molecule has 10 heteroatoms. The van der Waals surface area contributed by atoms with Gasteiger partial charge in [0, 0.05) is 24.0 Å². The molecule has 0 amide bonds. The van der Waals surface area contributed by atoms with Gasteiger partial charge in [-0.3, -0.25) is 5.43 Å².